The number of thioether (sulfide) groups is 2. The van der Waals surface area contributed by atoms with Crippen LogP contribution in [0.4, 0.5) is 0 Å². The number of aliphatic imine (C=N–C) groups is 1. The Bertz CT molecular complexity index is 1110. The second-order valence-corrected chi connectivity index (χ2v) is 8.55. The van der Waals surface area contributed by atoms with Crippen LogP contribution in [0.25, 0.3) is 11.8 Å². The minimum atomic E-state index is -0.401. The van der Waals surface area contributed by atoms with Crippen molar-refractivity contribution in [3.63, 3.8) is 0 Å². The molecule has 0 fully saturated rings. The summed E-state index contributed by atoms with van der Waals surface area (Å²) in [6.45, 7) is 6.14. The minimum absolute atomic E-state index is 0.0623. The van der Waals surface area contributed by atoms with Crippen LogP contribution in [0.1, 0.15) is 22.5 Å². The third-order valence-electron chi connectivity index (χ3n) is 4.74. The van der Waals surface area contributed by atoms with Crippen molar-refractivity contribution >= 4 is 50.9 Å². The van der Waals surface area contributed by atoms with E-state index in [9.17, 15) is 4.79 Å². The van der Waals surface area contributed by atoms with Crippen molar-refractivity contribution in [1.82, 2.24) is 9.58 Å². The van der Waals surface area contributed by atoms with E-state index < -0.39 is 5.91 Å². The highest BCUT2D eigenvalue weighted by atomic mass is 32.2. The number of amidine groups is 2. The summed E-state index contributed by atoms with van der Waals surface area (Å²) in [6, 6.07) is 10.2. The number of amides is 1. The van der Waals surface area contributed by atoms with Gasteiger partial charge in [-0.1, -0.05) is 18.2 Å². The average Bonchev–Trinajstić information content (AvgIpc) is 3.20. The molecule has 3 heterocycles. The highest BCUT2D eigenvalue weighted by molar-refractivity contribution is 8.45. The Kier molecular flexibility index (Phi) is 4.76. The first-order valence-electron chi connectivity index (χ1n) is 8.70. The number of carbonyl (C=O) groups excluding carboxylic acids is 1. The van der Waals surface area contributed by atoms with Crippen molar-refractivity contribution in [1.29, 1.82) is 5.41 Å². The summed E-state index contributed by atoms with van der Waals surface area (Å²) in [4.78, 5) is 16.7. The van der Waals surface area contributed by atoms with E-state index in [1.165, 1.54) is 34.1 Å². The van der Waals surface area contributed by atoms with Crippen LogP contribution >= 0.6 is 23.5 Å². The first-order chi connectivity index (χ1) is 13.4. The molecular weight excluding hydrogens is 390 g/mol. The fourth-order valence-electron chi connectivity index (χ4n) is 3.33. The van der Waals surface area contributed by atoms with Gasteiger partial charge in [-0.25, -0.2) is 0 Å². The molecule has 0 aliphatic carbocycles. The van der Waals surface area contributed by atoms with Crippen molar-refractivity contribution in [2.24, 2.45) is 10.1 Å². The summed E-state index contributed by atoms with van der Waals surface area (Å²) in [7, 11) is 0. The molecule has 0 atom stereocenters. The Hall–Kier alpha value is -2.58. The lowest BCUT2D eigenvalue weighted by Gasteiger charge is -2.20. The number of nitrogens with zero attached hydrogens (tertiary/aromatic N) is 4. The van der Waals surface area contributed by atoms with Gasteiger partial charge in [-0.2, -0.15) is 10.0 Å². The summed E-state index contributed by atoms with van der Waals surface area (Å²) < 4.78 is 2.94. The minimum Gasteiger partial charge on any atom is -0.318 e. The second kappa shape index (κ2) is 7.10. The van der Waals surface area contributed by atoms with Crippen molar-refractivity contribution in [3.05, 3.63) is 58.4 Å². The molecule has 6 nitrogen and oxygen atoms in total. The Morgan fingerprint density at radius 1 is 1.21 bits per heavy atom. The van der Waals surface area contributed by atoms with E-state index >= 15 is 0 Å². The number of fused-ring (bicyclic) bond motifs is 1. The summed E-state index contributed by atoms with van der Waals surface area (Å²) in [5.74, 6) is -0.339. The van der Waals surface area contributed by atoms with E-state index in [4.69, 9.17) is 5.41 Å². The van der Waals surface area contributed by atoms with Gasteiger partial charge < -0.3 is 4.57 Å². The molecule has 4 rings (SSSR count). The van der Waals surface area contributed by atoms with E-state index in [1.807, 2.05) is 38.3 Å². The van der Waals surface area contributed by atoms with Crippen LogP contribution in [0.3, 0.4) is 0 Å². The molecule has 2 aliphatic heterocycles. The Morgan fingerprint density at radius 3 is 2.68 bits per heavy atom. The summed E-state index contributed by atoms with van der Waals surface area (Å²) >= 11 is 2.79. The predicted octanol–water partition coefficient (Wildman–Crippen LogP) is 4.34. The molecule has 0 saturated carbocycles. The lowest BCUT2D eigenvalue weighted by atomic mass is 10.1. The average molecular weight is 410 g/mol. The maximum absolute atomic E-state index is 12.6. The van der Waals surface area contributed by atoms with Crippen molar-refractivity contribution in [2.45, 2.75) is 20.8 Å². The quantitative estimate of drug-likeness (QED) is 0.749. The van der Waals surface area contributed by atoms with E-state index in [1.54, 1.807) is 6.08 Å². The molecule has 2 aliphatic rings. The van der Waals surface area contributed by atoms with Crippen LogP contribution in [-0.4, -0.2) is 37.1 Å². The Labute approximate surface area is 171 Å². The van der Waals surface area contributed by atoms with E-state index in [0.29, 0.717) is 5.17 Å². The predicted molar refractivity (Wildman–Crippen MR) is 119 cm³/mol. The monoisotopic (exact) mass is 409 g/mol. The Balaban J connectivity index is 1.78. The molecule has 0 bridgehead atoms. The van der Waals surface area contributed by atoms with Crippen LogP contribution in [0, 0.1) is 26.2 Å². The van der Waals surface area contributed by atoms with Gasteiger partial charge in [0.25, 0.3) is 5.91 Å². The van der Waals surface area contributed by atoms with Crippen LogP contribution in [0.5, 0.6) is 0 Å². The zero-order valence-corrected chi connectivity index (χ0v) is 17.6. The molecule has 1 amide bonds. The van der Waals surface area contributed by atoms with Gasteiger partial charge in [-0.3, -0.25) is 10.2 Å². The summed E-state index contributed by atoms with van der Waals surface area (Å²) in [5, 5.41) is 14.7. The number of carbonyl (C=O) groups is 1. The van der Waals surface area contributed by atoms with Crippen LogP contribution in [0.15, 0.2) is 46.0 Å². The molecule has 28 heavy (non-hydrogen) atoms. The topological polar surface area (TPSA) is 73.8 Å². The van der Waals surface area contributed by atoms with Crippen LogP contribution < -0.4 is 0 Å². The number of rotatable bonds is 2. The first-order valence-corrected chi connectivity index (χ1v) is 10.7. The fourth-order valence-corrected chi connectivity index (χ4v) is 4.68. The lowest BCUT2D eigenvalue weighted by Crippen LogP contribution is -2.35. The zero-order chi connectivity index (χ0) is 20.0. The van der Waals surface area contributed by atoms with Crippen LogP contribution in [0.2, 0.25) is 0 Å². The molecule has 0 unspecified atom stereocenters. The van der Waals surface area contributed by atoms with Gasteiger partial charge >= 0.3 is 0 Å². The molecule has 142 valence electrons. The van der Waals surface area contributed by atoms with Gasteiger partial charge in [0.2, 0.25) is 5.17 Å². The normalized spacial score (nSPS) is 17.9. The largest absolute Gasteiger partial charge is 0.318 e. The highest BCUT2D eigenvalue weighted by Crippen LogP contribution is 2.32. The molecule has 1 aromatic carbocycles. The number of para-hydroxylation sites is 1. The molecular formula is C20H19N5OS2. The van der Waals surface area contributed by atoms with E-state index in [-0.39, 0.29) is 11.4 Å². The third kappa shape index (κ3) is 3.02. The maximum Gasteiger partial charge on any atom is 0.283 e. The highest BCUT2D eigenvalue weighted by Gasteiger charge is 2.35. The molecule has 0 saturated heterocycles. The summed E-state index contributed by atoms with van der Waals surface area (Å²) in [5.41, 5.74) is 5.51. The van der Waals surface area contributed by atoms with Gasteiger partial charge in [0, 0.05) is 17.1 Å². The number of aromatic nitrogens is 1. The van der Waals surface area contributed by atoms with Gasteiger partial charge in [-0.15, -0.1) is 16.9 Å². The number of nitrogens with one attached hydrogen (secondary N) is 1. The van der Waals surface area contributed by atoms with Gasteiger partial charge in [0.1, 0.15) is 0 Å². The maximum atomic E-state index is 12.6. The zero-order valence-electron chi connectivity index (χ0n) is 16.0. The lowest BCUT2D eigenvalue weighted by molar-refractivity contribution is -0.114. The molecule has 1 N–H and O–H groups in total. The fraction of sp³-hybridized carbons (Fsp3) is 0.200. The standard InChI is InChI=1S/C20H19N5OS2/c1-11-7-5-6-8-16(11)24-12(2)9-14(13(24)3)10-15-17(21)25-19(22-18(15)26)28-20(23-25)27-4/h5-10,21H,1-4H3/b15-10+,21-17?. The SMILES string of the molecule is CSC1=NN2C(=N)/C(=C\c3cc(C)n(-c4ccccc4C)c3C)C(=O)N=C2S1. The van der Waals surface area contributed by atoms with Crippen molar-refractivity contribution < 1.29 is 4.79 Å². The first kappa shape index (κ1) is 18.8. The molecule has 8 heteroatoms. The summed E-state index contributed by atoms with van der Waals surface area (Å²) in [6.07, 6.45) is 3.66. The molecule has 2 aromatic rings. The van der Waals surface area contributed by atoms with Crippen molar-refractivity contribution in [3.8, 4) is 5.69 Å². The number of benzene rings is 1. The van der Waals surface area contributed by atoms with Crippen molar-refractivity contribution in [2.75, 3.05) is 6.26 Å². The Morgan fingerprint density at radius 2 is 1.96 bits per heavy atom. The molecule has 0 radical (unpaired) electrons. The number of aryl methyl sites for hydroxylation is 2. The smallest absolute Gasteiger partial charge is 0.283 e. The van der Waals surface area contributed by atoms with Gasteiger partial charge in [0.05, 0.1) is 5.57 Å². The molecule has 0 spiro atoms. The molecule has 1 aromatic heterocycles. The van der Waals surface area contributed by atoms with Gasteiger partial charge in [-0.05, 0) is 68.1 Å². The third-order valence-corrected chi connectivity index (χ3v) is 6.62. The number of hydrogen-bond acceptors (Lipinski definition) is 5. The van der Waals surface area contributed by atoms with E-state index in [0.717, 1.165) is 27.0 Å². The number of hydrazone groups is 1. The van der Waals surface area contributed by atoms with Crippen LogP contribution in [-0.2, 0) is 4.79 Å². The van der Waals surface area contributed by atoms with E-state index in [2.05, 4.69) is 33.7 Å². The number of hydrogen-bond donors (Lipinski definition) is 1. The van der Waals surface area contributed by atoms with Gasteiger partial charge in [0.15, 0.2) is 10.2 Å². The second-order valence-electron chi connectivity index (χ2n) is 6.54.